The van der Waals surface area contributed by atoms with Gasteiger partial charge in [-0.25, -0.2) is 0 Å². The first kappa shape index (κ1) is 9.65. The van der Waals surface area contributed by atoms with Crippen LogP contribution in [0.3, 0.4) is 0 Å². The Hall–Kier alpha value is -0.900. The van der Waals surface area contributed by atoms with Crippen LogP contribution >= 0.6 is 15.9 Å². The number of benzene rings is 1. The molecule has 0 aliphatic rings. The molecule has 74 valence electrons. The van der Waals surface area contributed by atoms with E-state index in [-0.39, 0.29) is 0 Å². The normalized spacial score (nSPS) is 11.0. The first-order chi connectivity index (χ1) is 6.81. The van der Waals surface area contributed by atoms with Gasteiger partial charge in [0.1, 0.15) is 11.0 Å². The van der Waals surface area contributed by atoms with Crippen molar-refractivity contribution in [1.29, 1.82) is 0 Å². The molecule has 0 aliphatic carbocycles. The van der Waals surface area contributed by atoms with Crippen LogP contribution in [-0.4, -0.2) is 15.4 Å². The predicted molar refractivity (Wildman–Crippen MR) is 60.2 cm³/mol. The lowest BCUT2D eigenvalue weighted by atomic mass is 10.1. The summed E-state index contributed by atoms with van der Waals surface area (Å²) in [6, 6.07) is 4.22. The predicted octanol–water partition coefficient (Wildman–Crippen LogP) is 3.06. The van der Waals surface area contributed by atoms with Crippen LogP contribution in [0.1, 0.15) is 25.3 Å². The van der Waals surface area contributed by atoms with Gasteiger partial charge in [0.05, 0.1) is 0 Å². The standard InChI is InChI=1S/C10H12BrN3/c1-2-3-4-7-5-8(11)10-9(6-7)12-14-13-10/h5-6H,2-4H2,1H3,(H,12,13,14). The number of unbranched alkanes of at least 4 members (excludes halogenated alkanes) is 1. The Kier molecular flexibility index (Phi) is 2.82. The lowest BCUT2D eigenvalue weighted by Gasteiger charge is -2.00. The minimum absolute atomic E-state index is 0.908. The number of aryl methyl sites for hydroxylation is 1. The number of rotatable bonds is 3. The number of aromatic nitrogens is 3. The van der Waals surface area contributed by atoms with E-state index in [0.29, 0.717) is 0 Å². The quantitative estimate of drug-likeness (QED) is 0.914. The topological polar surface area (TPSA) is 41.6 Å². The molecule has 1 aromatic heterocycles. The van der Waals surface area contributed by atoms with E-state index in [1.807, 2.05) is 0 Å². The molecule has 14 heavy (non-hydrogen) atoms. The monoisotopic (exact) mass is 253 g/mol. The van der Waals surface area contributed by atoms with Crippen molar-refractivity contribution in [3.63, 3.8) is 0 Å². The number of hydrogen-bond acceptors (Lipinski definition) is 2. The average molecular weight is 254 g/mol. The van der Waals surface area contributed by atoms with Gasteiger partial charge in [0, 0.05) is 4.47 Å². The fraction of sp³-hybridized carbons (Fsp3) is 0.400. The fourth-order valence-electron chi connectivity index (χ4n) is 1.49. The molecule has 0 bridgehead atoms. The molecule has 2 aromatic rings. The van der Waals surface area contributed by atoms with E-state index in [0.717, 1.165) is 21.9 Å². The zero-order valence-corrected chi connectivity index (χ0v) is 9.63. The molecule has 1 heterocycles. The van der Waals surface area contributed by atoms with Crippen LogP contribution in [0.5, 0.6) is 0 Å². The first-order valence-electron chi connectivity index (χ1n) is 4.80. The maximum Gasteiger partial charge on any atom is 0.127 e. The van der Waals surface area contributed by atoms with Crippen molar-refractivity contribution >= 4 is 27.0 Å². The Bertz CT molecular complexity index is 436. The van der Waals surface area contributed by atoms with Gasteiger partial charge in [0.25, 0.3) is 0 Å². The third-order valence-electron chi connectivity index (χ3n) is 2.25. The lowest BCUT2D eigenvalue weighted by Crippen LogP contribution is -1.85. The van der Waals surface area contributed by atoms with Crippen LogP contribution in [-0.2, 0) is 6.42 Å². The minimum Gasteiger partial charge on any atom is -0.197 e. The number of fused-ring (bicyclic) bond motifs is 1. The van der Waals surface area contributed by atoms with E-state index in [1.54, 1.807) is 0 Å². The molecule has 0 spiro atoms. The van der Waals surface area contributed by atoms with Gasteiger partial charge in [-0.2, -0.15) is 15.4 Å². The maximum atomic E-state index is 4.08. The smallest absolute Gasteiger partial charge is 0.127 e. The number of halogens is 1. The van der Waals surface area contributed by atoms with Crippen LogP contribution in [0.25, 0.3) is 11.0 Å². The molecule has 0 aliphatic heterocycles. The Morgan fingerprint density at radius 2 is 2.21 bits per heavy atom. The lowest BCUT2D eigenvalue weighted by molar-refractivity contribution is 0.795. The van der Waals surface area contributed by atoms with Crippen LogP contribution in [0, 0.1) is 0 Å². The number of aromatic amines is 1. The zero-order chi connectivity index (χ0) is 9.97. The molecule has 0 radical (unpaired) electrons. The summed E-state index contributed by atoms with van der Waals surface area (Å²) in [4.78, 5) is 0. The van der Waals surface area contributed by atoms with Crippen molar-refractivity contribution in [1.82, 2.24) is 15.4 Å². The third kappa shape index (κ3) is 1.80. The Morgan fingerprint density at radius 3 is 3.00 bits per heavy atom. The van der Waals surface area contributed by atoms with Crippen molar-refractivity contribution < 1.29 is 0 Å². The molecule has 0 saturated carbocycles. The van der Waals surface area contributed by atoms with Gasteiger partial charge in [0.2, 0.25) is 0 Å². The number of nitrogens with one attached hydrogen (secondary N) is 1. The van der Waals surface area contributed by atoms with Crippen molar-refractivity contribution in [2.24, 2.45) is 0 Å². The van der Waals surface area contributed by atoms with Gasteiger partial charge in [0.15, 0.2) is 0 Å². The molecule has 1 aromatic carbocycles. The molecule has 0 unspecified atom stereocenters. The molecule has 1 N–H and O–H groups in total. The summed E-state index contributed by atoms with van der Waals surface area (Å²) in [5.41, 5.74) is 3.16. The minimum atomic E-state index is 0.908. The van der Waals surface area contributed by atoms with Gasteiger partial charge < -0.3 is 0 Å². The Morgan fingerprint density at radius 1 is 1.36 bits per heavy atom. The molecule has 0 saturated heterocycles. The highest BCUT2D eigenvalue weighted by molar-refractivity contribution is 9.10. The van der Waals surface area contributed by atoms with Crippen molar-refractivity contribution in [2.45, 2.75) is 26.2 Å². The van der Waals surface area contributed by atoms with E-state index in [4.69, 9.17) is 0 Å². The maximum absolute atomic E-state index is 4.08. The highest BCUT2D eigenvalue weighted by Crippen LogP contribution is 2.23. The summed E-state index contributed by atoms with van der Waals surface area (Å²) in [6.45, 7) is 2.20. The third-order valence-corrected chi connectivity index (χ3v) is 2.86. The number of hydrogen-bond donors (Lipinski definition) is 1. The van der Waals surface area contributed by atoms with Crippen LogP contribution in [0.4, 0.5) is 0 Å². The van der Waals surface area contributed by atoms with Crippen LogP contribution in [0.2, 0.25) is 0 Å². The highest BCUT2D eigenvalue weighted by atomic mass is 79.9. The summed E-state index contributed by atoms with van der Waals surface area (Å²) < 4.78 is 1.02. The van der Waals surface area contributed by atoms with Gasteiger partial charge in [-0.05, 0) is 46.5 Å². The van der Waals surface area contributed by atoms with Crippen molar-refractivity contribution in [3.05, 3.63) is 22.2 Å². The van der Waals surface area contributed by atoms with Crippen molar-refractivity contribution in [3.8, 4) is 0 Å². The summed E-state index contributed by atoms with van der Waals surface area (Å²) >= 11 is 3.50. The van der Waals surface area contributed by atoms with E-state index in [9.17, 15) is 0 Å². The molecule has 0 fully saturated rings. The molecule has 0 amide bonds. The Balaban J connectivity index is 2.38. The molecule has 0 atom stereocenters. The average Bonchev–Trinajstić information content (AvgIpc) is 2.63. The second-order valence-electron chi connectivity index (χ2n) is 3.37. The molecule has 3 nitrogen and oxygen atoms in total. The number of nitrogens with zero attached hydrogens (tertiary/aromatic N) is 2. The summed E-state index contributed by atoms with van der Waals surface area (Å²) in [5, 5.41) is 10.8. The fourth-order valence-corrected chi connectivity index (χ4v) is 2.07. The second kappa shape index (κ2) is 4.09. The zero-order valence-electron chi connectivity index (χ0n) is 8.05. The van der Waals surface area contributed by atoms with Gasteiger partial charge in [-0.1, -0.05) is 13.3 Å². The largest absolute Gasteiger partial charge is 0.197 e. The summed E-state index contributed by atoms with van der Waals surface area (Å²) in [7, 11) is 0. The Labute approximate surface area is 91.0 Å². The van der Waals surface area contributed by atoms with Crippen LogP contribution < -0.4 is 0 Å². The van der Waals surface area contributed by atoms with E-state index in [2.05, 4.69) is 50.4 Å². The number of H-pyrrole nitrogens is 1. The highest BCUT2D eigenvalue weighted by Gasteiger charge is 2.04. The summed E-state index contributed by atoms with van der Waals surface area (Å²) in [5.74, 6) is 0. The second-order valence-corrected chi connectivity index (χ2v) is 4.23. The van der Waals surface area contributed by atoms with Gasteiger partial charge >= 0.3 is 0 Å². The van der Waals surface area contributed by atoms with E-state index in [1.165, 1.54) is 18.4 Å². The van der Waals surface area contributed by atoms with Crippen molar-refractivity contribution in [2.75, 3.05) is 0 Å². The van der Waals surface area contributed by atoms with E-state index >= 15 is 0 Å². The molecular weight excluding hydrogens is 242 g/mol. The first-order valence-corrected chi connectivity index (χ1v) is 5.59. The van der Waals surface area contributed by atoms with Gasteiger partial charge in [-0.3, -0.25) is 0 Å². The molecule has 2 rings (SSSR count). The molecular formula is C10H12BrN3. The van der Waals surface area contributed by atoms with Gasteiger partial charge in [-0.15, -0.1) is 0 Å². The van der Waals surface area contributed by atoms with Crippen LogP contribution in [0.15, 0.2) is 16.6 Å². The SMILES string of the molecule is CCCCc1cc(Br)c2n[nH]nc2c1. The van der Waals surface area contributed by atoms with E-state index < -0.39 is 0 Å². The molecule has 4 heteroatoms. The summed E-state index contributed by atoms with van der Waals surface area (Å²) in [6.07, 6.45) is 3.54.